The van der Waals surface area contributed by atoms with Gasteiger partial charge in [-0.2, -0.15) is 41.8 Å². The molecule has 1 nitrogen and oxygen atoms in total. The number of allylic oxidation sites excluding steroid dienone is 8. The van der Waals surface area contributed by atoms with Crippen LogP contribution in [0.25, 0.3) is 54.6 Å². The van der Waals surface area contributed by atoms with Gasteiger partial charge in [-0.15, -0.1) is 12.1 Å². The van der Waals surface area contributed by atoms with Gasteiger partial charge in [0.05, 0.1) is 0 Å². The van der Waals surface area contributed by atoms with Crippen molar-refractivity contribution < 1.29 is 51.4 Å². The molecule has 0 radical (unpaired) electrons. The molecule has 0 amide bonds. The zero-order valence-corrected chi connectivity index (χ0v) is 42.1. The average molecular weight is 838 g/mol. The summed E-state index contributed by atoms with van der Waals surface area (Å²) in [5.74, 6) is 0.395. The Labute approximate surface area is 416 Å². The molecule has 0 saturated carbocycles. The Morgan fingerprint density at radius 3 is 1.92 bits per heavy atom. The molecule has 0 aliphatic heterocycles. The fourth-order valence-electron chi connectivity index (χ4n) is 8.55. The van der Waals surface area contributed by atoms with Gasteiger partial charge in [-0.1, -0.05) is 193 Å². The molecule has 312 valence electrons. The summed E-state index contributed by atoms with van der Waals surface area (Å²) in [7, 11) is 0. The first-order valence-electron chi connectivity index (χ1n) is 22.1. The van der Waals surface area contributed by atoms with Gasteiger partial charge in [0.15, 0.2) is 0 Å². The summed E-state index contributed by atoms with van der Waals surface area (Å²) < 4.78 is 0. The molecule has 0 heterocycles. The second-order valence-corrected chi connectivity index (χ2v) is 15.1. The van der Waals surface area contributed by atoms with Crippen molar-refractivity contribution in [1.82, 2.24) is 0 Å². The van der Waals surface area contributed by atoms with Crippen molar-refractivity contribution in [3.05, 3.63) is 217 Å². The number of hydrogen-bond acceptors (Lipinski definition) is 1. The molecule has 1 unspecified atom stereocenters. The topological polar surface area (TPSA) is 12.4 Å². The third-order valence-corrected chi connectivity index (χ3v) is 11.4. The van der Waals surface area contributed by atoms with Gasteiger partial charge in [-0.3, -0.25) is 0 Å². The Bertz CT molecular complexity index is 2680. The summed E-state index contributed by atoms with van der Waals surface area (Å²) in [6, 6.07) is 48.4. The summed E-state index contributed by atoms with van der Waals surface area (Å²) in [5, 5.41) is 7.61. The van der Waals surface area contributed by atoms with E-state index in [9.17, 15) is 0 Å². The van der Waals surface area contributed by atoms with E-state index in [0.717, 1.165) is 12.0 Å². The first-order valence-corrected chi connectivity index (χ1v) is 22.1. The van der Waals surface area contributed by atoms with Crippen LogP contribution in [0, 0.1) is 33.6 Å². The molecule has 0 bridgehead atoms. The fraction of sp³-hybridized carbons (Fsp3) is 0.217. The van der Waals surface area contributed by atoms with Gasteiger partial charge in [0, 0.05) is 6.54 Å². The number of rotatable bonds is 7. The van der Waals surface area contributed by atoms with E-state index in [0.29, 0.717) is 12.5 Å². The van der Waals surface area contributed by atoms with Crippen molar-refractivity contribution in [1.29, 1.82) is 0 Å². The number of aryl methyl sites for hydroxylation is 1. The van der Waals surface area contributed by atoms with Crippen LogP contribution < -0.4 is 51.4 Å². The Morgan fingerprint density at radius 2 is 1.23 bits per heavy atom. The first-order chi connectivity index (χ1) is 29.5. The molecule has 0 fully saturated rings. The zero-order valence-electron chi connectivity index (χ0n) is 39.0. The van der Waals surface area contributed by atoms with Crippen LogP contribution in [0.3, 0.4) is 0 Å². The largest absolute Gasteiger partial charge is 1.00 e. The van der Waals surface area contributed by atoms with Crippen molar-refractivity contribution in [2.75, 3.05) is 0 Å². The normalized spacial score (nSPS) is 14.1. The molecule has 0 saturated heterocycles. The second-order valence-electron chi connectivity index (χ2n) is 15.1. The Kier molecular flexibility index (Phi) is 20.1. The van der Waals surface area contributed by atoms with Gasteiger partial charge in [-0.25, -0.2) is 0 Å². The van der Waals surface area contributed by atoms with E-state index < -0.39 is 0 Å². The summed E-state index contributed by atoms with van der Waals surface area (Å²) >= 11 is 0. The minimum absolute atomic E-state index is 0. The van der Waals surface area contributed by atoms with Crippen molar-refractivity contribution in [3.8, 4) is 11.1 Å². The standard InChI is InChI=1S/C47H38N.C8H11.2C2H6.CH3.K/c1-31-14-7-8-18-36(31)37-21-12-22-38(33(37)3)46-32(2)15-11-23-43(46)44-25-13-24-42-40-27-26-35(30-48-29-34-16-5-4-6-17-34)28-45(40)39-19-9-10-20-41(39)47(42)44;1-2-8-6-4-3-5-7-8;2*1-2;;/h4-14,16-28,32H,15,29H2,1-3H3;2,4,6-7H,3,5H2,1H3;2*1-2H3;1H3;/q2*-1;;;-1;+1. The number of benzene rings is 7. The molecule has 1 atom stereocenters. The third-order valence-electron chi connectivity index (χ3n) is 11.4. The van der Waals surface area contributed by atoms with Gasteiger partial charge in [0.2, 0.25) is 0 Å². The number of fused-ring (bicyclic) bond motifs is 6. The molecule has 7 aromatic carbocycles. The van der Waals surface area contributed by atoms with E-state index in [2.05, 4.69) is 203 Å². The Morgan fingerprint density at radius 1 is 0.613 bits per heavy atom. The second kappa shape index (κ2) is 24.9. The molecular weight excluding hydrogens is 774 g/mol. The van der Waals surface area contributed by atoms with Crippen LogP contribution in [-0.2, 0) is 6.54 Å². The van der Waals surface area contributed by atoms with E-state index in [4.69, 9.17) is 0 Å². The number of nitrogens with zero attached hydrogens (tertiary/aromatic N) is 1. The molecular formula is C60H64KN-2. The molecule has 2 aliphatic carbocycles. The van der Waals surface area contributed by atoms with E-state index >= 15 is 0 Å². The average Bonchev–Trinajstić information content (AvgIpc) is 3.31. The monoisotopic (exact) mass is 837 g/mol. The zero-order chi connectivity index (χ0) is 42.4. The SMILES string of the molecule is CC.CC.C[CH-]C1=CCCC=C1.Cc1ccccc1-c1cccc(C2=C(c3cccc4c5ccc([C-]=NCc6ccccc6)cc5c5ccccc5c34)C=CCC2C)c1C.[CH3-].[K+]. The van der Waals surface area contributed by atoms with Crippen molar-refractivity contribution >= 4 is 49.7 Å². The smallest absolute Gasteiger partial charge is 0.358 e. The maximum atomic E-state index is 4.65. The van der Waals surface area contributed by atoms with Crippen LogP contribution in [0.15, 0.2) is 174 Å². The molecule has 2 aliphatic rings. The summed E-state index contributed by atoms with van der Waals surface area (Å²) in [6.45, 7) is 17.6. The van der Waals surface area contributed by atoms with Gasteiger partial charge >= 0.3 is 51.4 Å². The molecule has 2 heteroatoms. The van der Waals surface area contributed by atoms with Gasteiger partial charge in [-0.05, 0) is 103 Å². The van der Waals surface area contributed by atoms with E-state index in [1.165, 1.54) is 101 Å². The maximum absolute atomic E-state index is 4.65. The minimum Gasteiger partial charge on any atom is -0.358 e. The van der Waals surface area contributed by atoms with Crippen LogP contribution in [0.2, 0.25) is 0 Å². The maximum Gasteiger partial charge on any atom is 1.00 e. The minimum atomic E-state index is 0. The summed E-state index contributed by atoms with van der Waals surface area (Å²) in [5.41, 5.74) is 14.2. The van der Waals surface area contributed by atoms with Crippen LogP contribution >= 0.6 is 0 Å². The molecule has 0 aromatic heterocycles. The van der Waals surface area contributed by atoms with Crippen LogP contribution in [0.1, 0.15) is 94.2 Å². The van der Waals surface area contributed by atoms with Gasteiger partial charge in [0.25, 0.3) is 0 Å². The van der Waals surface area contributed by atoms with Crippen LogP contribution in [0.4, 0.5) is 0 Å². The van der Waals surface area contributed by atoms with Crippen LogP contribution in [-0.4, -0.2) is 6.21 Å². The van der Waals surface area contributed by atoms with E-state index in [1.807, 2.05) is 33.8 Å². The molecule has 7 aromatic rings. The molecule has 9 rings (SSSR count). The van der Waals surface area contributed by atoms with Crippen molar-refractivity contribution in [3.63, 3.8) is 0 Å². The van der Waals surface area contributed by atoms with Gasteiger partial charge < -0.3 is 12.4 Å². The quantitative estimate of drug-likeness (QED) is 0.0656. The summed E-state index contributed by atoms with van der Waals surface area (Å²) in [6.07, 6.45) is 20.3. The molecule has 62 heavy (non-hydrogen) atoms. The predicted octanol–water partition coefficient (Wildman–Crippen LogP) is 14.4. The summed E-state index contributed by atoms with van der Waals surface area (Å²) in [4.78, 5) is 4.65. The van der Waals surface area contributed by atoms with Crippen molar-refractivity contribution in [2.45, 2.75) is 81.2 Å². The predicted molar refractivity (Wildman–Crippen MR) is 272 cm³/mol. The Balaban J connectivity index is 0.000000534. The van der Waals surface area contributed by atoms with E-state index in [-0.39, 0.29) is 58.8 Å². The first kappa shape index (κ1) is 50.1. The van der Waals surface area contributed by atoms with E-state index in [1.54, 1.807) is 0 Å². The van der Waals surface area contributed by atoms with Crippen molar-refractivity contribution in [2.24, 2.45) is 10.9 Å². The number of hydrogen-bond donors (Lipinski definition) is 0. The Hall–Kier alpha value is -4.54. The van der Waals surface area contributed by atoms with Gasteiger partial charge in [0.1, 0.15) is 0 Å². The van der Waals surface area contributed by atoms with Crippen LogP contribution in [0.5, 0.6) is 0 Å². The molecule has 0 spiro atoms. The fourth-order valence-corrected chi connectivity index (χ4v) is 8.55. The molecule has 0 N–H and O–H groups in total. The number of aliphatic imine (C=N–C) groups is 1. The third kappa shape index (κ3) is 11.3.